The van der Waals surface area contributed by atoms with Crippen molar-refractivity contribution in [2.24, 2.45) is 0 Å². The van der Waals surface area contributed by atoms with Crippen LogP contribution in [0.4, 0.5) is 0 Å². The molecule has 0 spiro atoms. The Morgan fingerprint density at radius 3 is 1.14 bits per heavy atom. The van der Waals surface area contributed by atoms with E-state index >= 15 is 0 Å². The van der Waals surface area contributed by atoms with Crippen molar-refractivity contribution in [3.8, 4) is 0 Å². The summed E-state index contributed by atoms with van der Waals surface area (Å²) in [6.45, 7) is 18.2. The molecule has 0 aliphatic carbocycles. The topological polar surface area (TPSA) is 0 Å². The number of benzene rings is 2. The van der Waals surface area contributed by atoms with Crippen LogP contribution in [0.25, 0.3) is 0 Å². The van der Waals surface area contributed by atoms with Gasteiger partial charge in [0.15, 0.2) is 0 Å². The van der Waals surface area contributed by atoms with Crippen LogP contribution in [0.3, 0.4) is 0 Å². The van der Waals surface area contributed by atoms with E-state index in [2.05, 4.69) is 67.5 Å². The Hall–Kier alpha value is -0.794. The molecule has 0 atom stereocenters. The molecule has 21 heavy (non-hydrogen) atoms. The van der Waals surface area contributed by atoms with Gasteiger partial charge in [-0.1, -0.05) is 34.4 Å². The molecule has 0 aliphatic heterocycles. The van der Waals surface area contributed by atoms with Crippen molar-refractivity contribution < 1.29 is 0 Å². The Balaban J connectivity index is 2.59. The first kappa shape index (κ1) is 16.6. The number of aryl methyl sites for hydroxylation is 4. The first-order chi connectivity index (χ1) is 9.73. The predicted molar refractivity (Wildman–Crippen MR) is 95.8 cm³/mol. The van der Waals surface area contributed by atoms with Gasteiger partial charge >= 0.3 is 20.4 Å². The first-order valence-electron chi connectivity index (χ1n) is 7.86. The lowest BCUT2D eigenvalue weighted by Gasteiger charge is -2.19. The second-order valence-corrected chi connectivity index (χ2v) is 8.42. The van der Waals surface area contributed by atoms with Crippen molar-refractivity contribution in [1.82, 2.24) is 0 Å². The molecule has 0 heterocycles. The van der Waals surface area contributed by atoms with Gasteiger partial charge in [-0.3, -0.25) is 0 Å². The minimum Gasteiger partial charge on any atom is -0.159 e. The van der Waals surface area contributed by atoms with Gasteiger partial charge in [0.2, 0.25) is 0 Å². The Morgan fingerprint density at radius 1 is 0.476 bits per heavy atom. The summed E-state index contributed by atoms with van der Waals surface area (Å²) in [6, 6.07) is 4.74. The van der Waals surface area contributed by atoms with Gasteiger partial charge in [0.05, 0.1) is 0 Å². The molecule has 0 amide bonds. The Morgan fingerprint density at radius 2 is 0.810 bits per heavy atom. The molecular weight excluding hydrogens is 265 g/mol. The Kier molecular flexibility index (Phi) is 4.84. The summed E-state index contributed by atoms with van der Waals surface area (Å²) in [5.41, 5.74) is 11.8. The van der Waals surface area contributed by atoms with E-state index in [9.17, 15) is 0 Å². The summed E-state index contributed by atoms with van der Waals surface area (Å²) in [6.07, 6.45) is 0. The van der Waals surface area contributed by atoms with E-state index in [1.54, 1.807) is 7.39 Å². The van der Waals surface area contributed by atoms with Gasteiger partial charge in [-0.2, -0.15) is 7.39 Å². The van der Waals surface area contributed by atoms with Crippen LogP contribution in [0, 0.1) is 55.4 Å². The third kappa shape index (κ3) is 3.05. The average molecular weight is 291 g/mol. The lowest BCUT2D eigenvalue weighted by molar-refractivity contribution is 1.25. The molecule has 0 fully saturated rings. The van der Waals surface area contributed by atoms with Gasteiger partial charge in [-0.05, 0) is 77.6 Å². The van der Waals surface area contributed by atoms with Crippen molar-refractivity contribution in [3.05, 3.63) is 56.6 Å². The van der Waals surface area contributed by atoms with Gasteiger partial charge in [-0.15, -0.1) is 0 Å². The van der Waals surface area contributed by atoms with E-state index in [0.29, 0.717) is 0 Å². The summed E-state index contributed by atoms with van der Waals surface area (Å²) >= 11 is -0.425. The van der Waals surface area contributed by atoms with Crippen molar-refractivity contribution in [2.75, 3.05) is 0 Å². The van der Waals surface area contributed by atoms with Crippen molar-refractivity contribution in [2.45, 2.75) is 55.4 Å². The van der Waals surface area contributed by atoms with E-state index in [-0.39, 0.29) is 0 Å². The average Bonchev–Trinajstić information content (AvgIpc) is 2.42. The quantitative estimate of drug-likeness (QED) is 0.738. The fraction of sp³-hybridized carbons (Fsp3) is 0.400. The molecule has 2 aromatic carbocycles. The molecule has 0 N–H and O–H groups in total. The molecule has 1 heteroatoms. The summed E-state index contributed by atoms with van der Waals surface area (Å²) in [4.78, 5) is 0. The van der Waals surface area contributed by atoms with Crippen molar-refractivity contribution in [3.63, 3.8) is 0 Å². The van der Waals surface area contributed by atoms with Gasteiger partial charge in [-0.25, -0.2) is 0 Å². The van der Waals surface area contributed by atoms with Crippen molar-refractivity contribution in [1.29, 1.82) is 0 Å². The number of hydrogen-bond acceptors (Lipinski definition) is 0. The van der Waals surface area contributed by atoms with Crippen LogP contribution in [-0.2, 0) is 0 Å². The van der Waals surface area contributed by atoms with Crippen LogP contribution in [-0.4, -0.2) is 20.4 Å². The monoisotopic (exact) mass is 290 g/mol. The normalized spacial score (nSPS) is 10.7. The molecular formula is C20H26Mg. The van der Waals surface area contributed by atoms with Crippen LogP contribution >= 0.6 is 0 Å². The van der Waals surface area contributed by atoms with Gasteiger partial charge in [0.1, 0.15) is 0 Å². The molecule has 2 rings (SSSR count). The highest BCUT2D eigenvalue weighted by Gasteiger charge is 2.16. The highest BCUT2D eigenvalue weighted by atomic mass is 24.5. The van der Waals surface area contributed by atoms with Gasteiger partial charge < -0.3 is 0 Å². The van der Waals surface area contributed by atoms with E-state index in [1.165, 1.54) is 44.5 Å². The number of rotatable bonds is 2. The second kappa shape index (κ2) is 6.14. The van der Waals surface area contributed by atoms with E-state index in [0.717, 1.165) is 0 Å². The standard InChI is InChI=1S/2C10H13.Mg/c2*1-7-5-8(2)10(4)9(3)6-7;/h2*5H,1-4H3;. The predicted octanol–water partition coefficient (Wildman–Crippen LogP) is 3.81. The smallest absolute Gasteiger partial charge is 0.159 e. The highest BCUT2D eigenvalue weighted by molar-refractivity contribution is 6.69. The molecule has 0 bridgehead atoms. The zero-order valence-corrected chi connectivity index (χ0v) is 16.3. The van der Waals surface area contributed by atoms with E-state index in [1.807, 2.05) is 0 Å². The number of hydrogen-bond donors (Lipinski definition) is 0. The summed E-state index contributed by atoms with van der Waals surface area (Å²) < 4.78 is 3.29. The molecule has 0 nitrogen and oxygen atoms in total. The van der Waals surface area contributed by atoms with Gasteiger partial charge in [0, 0.05) is 0 Å². The lowest BCUT2D eigenvalue weighted by atomic mass is 10.0. The summed E-state index contributed by atoms with van der Waals surface area (Å²) in [7, 11) is 0. The van der Waals surface area contributed by atoms with Crippen LogP contribution in [0.2, 0.25) is 0 Å². The Bertz CT molecular complexity index is 647. The zero-order chi connectivity index (χ0) is 15.9. The summed E-state index contributed by atoms with van der Waals surface area (Å²) in [5, 5.41) is 0. The fourth-order valence-electron chi connectivity index (χ4n) is 3.40. The molecule has 0 unspecified atom stereocenters. The third-order valence-electron chi connectivity index (χ3n) is 5.38. The van der Waals surface area contributed by atoms with Crippen LogP contribution in [0.5, 0.6) is 0 Å². The first-order valence-corrected chi connectivity index (χ1v) is 9.28. The maximum absolute atomic E-state index is 2.37. The second-order valence-electron chi connectivity index (χ2n) is 6.65. The SMILES string of the molecule is Cc1cc(C)[c]([Mg][c]2c(C)cc(C)c(C)c2C)c(C)c1C. The molecule has 0 aliphatic rings. The third-order valence-corrected chi connectivity index (χ3v) is 8.27. The molecule has 0 aromatic heterocycles. The molecule has 0 saturated carbocycles. The van der Waals surface area contributed by atoms with Gasteiger partial charge in [0.25, 0.3) is 0 Å². The van der Waals surface area contributed by atoms with E-state index < -0.39 is 20.4 Å². The van der Waals surface area contributed by atoms with Crippen LogP contribution < -0.4 is 7.39 Å². The van der Waals surface area contributed by atoms with Crippen LogP contribution in [0.15, 0.2) is 12.1 Å². The largest absolute Gasteiger partial charge is 0.452 e. The molecule has 0 saturated heterocycles. The molecule has 0 radical (unpaired) electrons. The maximum Gasteiger partial charge on any atom is 0.452 e. The molecule has 2 aromatic rings. The fourth-order valence-corrected chi connectivity index (χ4v) is 5.57. The zero-order valence-electron chi connectivity index (χ0n) is 14.9. The molecule has 108 valence electrons. The maximum atomic E-state index is 2.37. The van der Waals surface area contributed by atoms with E-state index in [4.69, 9.17) is 0 Å². The Labute approximate surface area is 139 Å². The summed E-state index contributed by atoms with van der Waals surface area (Å²) in [5.74, 6) is 0. The van der Waals surface area contributed by atoms with Crippen molar-refractivity contribution >= 4 is 27.8 Å². The minimum absolute atomic E-state index is 0.425. The highest BCUT2D eigenvalue weighted by Crippen LogP contribution is 2.15. The lowest BCUT2D eigenvalue weighted by Crippen LogP contribution is -2.35. The van der Waals surface area contributed by atoms with Crippen LogP contribution in [0.1, 0.15) is 44.5 Å². The minimum atomic E-state index is -0.425.